The molecule has 0 bridgehead atoms. The fourth-order valence-electron chi connectivity index (χ4n) is 3.93. The molecule has 2 fully saturated rings. The van der Waals surface area contributed by atoms with Crippen molar-refractivity contribution in [3.05, 3.63) is 0 Å². The van der Waals surface area contributed by atoms with Crippen LogP contribution < -0.4 is 5.73 Å². The largest absolute Gasteiger partial charge is 0.386 e. The lowest BCUT2D eigenvalue weighted by Gasteiger charge is -2.27. The number of fused-ring (bicyclic) bond motifs is 2. The zero-order valence-electron chi connectivity index (χ0n) is 11.2. The second-order valence-corrected chi connectivity index (χ2v) is 5.88. The monoisotopic (exact) mass is 260 g/mol. The molecule has 1 saturated heterocycles. The van der Waals surface area contributed by atoms with Crippen LogP contribution >= 0.6 is 0 Å². The van der Waals surface area contributed by atoms with Crippen LogP contribution in [0.1, 0.15) is 20.8 Å². The van der Waals surface area contributed by atoms with Gasteiger partial charge < -0.3 is 15.2 Å². The number of nitrogens with zero attached hydrogens (tertiary/aromatic N) is 3. The minimum Gasteiger partial charge on any atom is -0.386 e. The molecule has 0 aromatic heterocycles. The molecule has 1 aliphatic carbocycles. The van der Waals surface area contributed by atoms with Crippen LogP contribution in [-0.4, -0.2) is 24.5 Å². The van der Waals surface area contributed by atoms with Crippen molar-refractivity contribution in [2.75, 3.05) is 6.61 Å². The number of nitrogens with two attached hydrogens (primary N) is 1. The molecule has 2 heterocycles. The van der Waals surface area contributed by atoms with Gasteiger partial charge in [-0.2, -0.15) is 10.5 Å². The Labute approximate surface area is 111 Å². The van der Waals surface area contributed by atoms with Gasteiger partial charge >= 0.3 is 0 Å². The molecular formula is C13H16N4O2. The summed E-state index contributed by atoms with van der Waals surface area (Å²) in [4.78, 5) is 4.22. The highest BCUT2D eigenvalue weighted by atomic mass is 16.8. The average molecular weight is 260 g/mol. The third-order valence-electron chi connectivity index (χ3n) is 4.54. The van der Waals surface area contributed by atoms with Crippen molar-refractivity contribution in [2.45, 2.75) is 32.8 Å². The maximum atomic E-state index is 9.72. The van der Waals surface area contributed by atoms with Crippen LogP contribution in [0.5, 0.6) is 0 Å². The van der Waals surface area contributed by atoms with Crippen molar-refractivity contribution in [3.63, 3.8) is 0 Å². The van der Waals surface area contributed by atoms with Crippen molar-refractivity contribution in [1.82, 2.24) is 0 Å². The van der Waals surface area contributed by atoms with E-state index in [9.17, 15) is 10.5 Å². The topological polar surface area (TPSA) is 104 Å². The van der Waals surface area contributed by atoms with Gasteiger partial charge in [-0.3, -0.25) is 0 Å². The highest BCUT2D eigenvalue weighted by molar-refractivity contribution is 5.98. The van der Waals surface area contributed by atoms with E-state index in [1.54, 1.807) is 0 Å². The Hall–Kier alpha value is -1.63. The number of amidine groups is 1. The summed E-state index contributed by atoms with van der Waals surface area (Å²) in [6.07, 6.45) is -0.162. The Morgan fingerprint density at radius 2 is 2.11 bits per heavy atom. The van der Waals surface area contributed by atoms with E-state index < -0.39 is 16.7 Å². The van der Waals surface area contributed by atoms with Gasteiger partial charge in [-0.25, -0.2) is 4.99 Å². The van der Waals surface area contributed by atoms with E-state index in [0.29, 0.717) is 6.61 Å². The number of hydrogen-bond donors (Lipinski definition) is 1. The minimum atomic E-state index is -1.39. The number of ether oxygens (including phenoxy) is 2. The van der Waals surface area contributed by atoms with Gasteiger partial charge in [-0.05, 0) is 12.8 Å². The van der Waals surface area contributed by atoms with E-state index in [1.807, 2.05) is 20.8 Å². The lowest BCUT2D eigenvalue weighted by Crippen LogP contribution is -2.40. The summed E-state index contributed by atoms with van der Waals surface area (Å²) in [6.45, 7) is 6.15. The molecule has 1 saturated carbocycles. The first kappa shape index (κ1) is 12.4. The van der Waals surface area contributed by atoms with Gasteiger partial charge in [-0.1, -0.05) is 13.8 Å². The summed E-state index contributed by atoms with van der Waals surface area (Å²) in [6, 6.07) is 4.47. The third kappa shape index (κ3) is 0.992. The van der Waals surface area contributed by atoms with Gasteiger partial charge in [0.15, 0.2) is 5.41 Å². The van der Waals surface area contributed by atoms with Gasteiger partial charge in [-0.15, -0.1) is 0 Å². The van der Waals surface area contributed by atoms with Crippen molar-refractivity contribution in [1.29, 1.82) is 10.5 Å². The molecule has 19 heavy (non-hydrogen) atoms. The maximum Gasteiger partial charge on any atom is 0.293 e. The average Bonchev–Trinajstić information content (AvgIpc) is 2.77. The zero-order chi connectivity index (χ0) is 14.1. The van der Waals surface area contributed by atoms with Crippen LogP contribution in [-0.2, 0) is 9.47 Å². The molecule has 0 radical (unpaired) electrons. The van der Waals surface area contributed by atoms with E-state index in [2.05, 4.69) is 17.1 Å². The van der Waals surface area contributed by atoms with Crippen molar-refractivity contribution in [2.24, 2.45) is 33.4 Å². The van der Waals surface area contributed by atoms with Crippen molar-refractivity contribution >= 4 is 5.84 Å². The number of nitriles is 2. The molecular weight excluding hydrogens is 244 g/mol. The van der Waals surface area contributed by atoms with Crippen LogP contribution in [0.25, 0.3) is 0 Å². The molecule has 0 aromatic carbocycles. The third-order valence-corrected chi connectivity index (χ3v) is 4.54. The van der Waals surface area contributed by atoms with E-state index in [4.69, 9.17) is 15.2 Å². The van der Waals surface area contributed by atoms with Gasteiger partial charge in [0.25, 0.3) is 5.91 Å². The normalized spacial score (nSPS) is 50.7. The van der Waals surface area contributed by atoms with Crippen molar-refractivity contribution in [3.8, 4) is 12.1 Å². The Bertz CT molecular complexity index is 560. The van der Waals surface area contributed by atoms with Gasteiger partial charge in [0.1, 0.15) is 11.3 Å². The van der Waals surface area contributed by atoms with E-state index >= 15 is 0 Å². The molecule has 100 valence electrons. The summed E-state index contributed by atoms with van der Waals surface area (Å²) in [7, 11) is 0. The van der Waals surface area contributed by atoms with Crippen LogP contribution in [0.3, 0.4) is 0 Å². The zero-order valence-corrected chi connectivity index (χ0v) is 11.2. The van der Waals surface area contributed by atoms with Gasteiger partial charge in [0, 0.05) is 5.92 Å². The maximum absolute atomic E-state index is 9.72. The van der Waals surface area contributed by atoms with E-state index in [1.165, 1.54) is 0 Å². The lowest BCUT2D eigenvalue weighted by molar-refractivity contribution is -0.196. The number of hydrogen-bond acceptors (Lipinski definition) is 6. The molecule has 6 heteroatoms. The Morgan fingerprint density at radius 3 is 2.47 bits per heavy atom. The summed E-state index contributed by atoms with van der Waals surface area (Å²) in [5, 5.41) is 19.3. The standard InChI is InChI=1S/C13H16N4O2/c1-7(2)9-11(5-14)10(16)17-13(12(9,11)6-15)18-4-8(3)19-13/h7-9H,4H2,1-3H3,(H2,16,17)/t8-,9-,11-,12-,13-/m1/s1. The Morgan fingerprint density at radius 1 is 1.42 bits per heavy atom. The second kappa shape index (κ2) is 3.27. The molecule has 1 spiro atoms. The van der Waals surface area contributed by atoms with E-state index in [0.717, 1.165) is 0 Å². The first-order valence-electron chi connectivity index (χ1n) is 6.42. The summed E-state index contributed by atoms with van der Waals surface area (Å²) < 4.78 is 11.4. The summed E-state index contributed by atoms with van der Waals surface area (Å²) in [5.41, 5.74) is 3.79. The van der Waals surface area contributed by atoms with Gasteiger partial charge in [0.2, 0.25) is 0 Å². The molecule has 2 N–H and O–H groups in total. The van der Waals surface area contributed by atoms with E-state index in [-0.39, 0.29) is 23.8 Å². The fourth-order valence-corrected chi connectivity index (χ4v) is 3.93. The first-order valence-corrected chi connectivity index (χ1v) is 6.42. The smallest absolute Gasteiger partial charge is 0.293 e. The van der Waals surface area contributed by atoms with Crippen LogP contribution in [0, 0.1) is 45.3 Å². The Balaban J connectivity index is 2.19. The summed E-state index contributed by atoms with van der Waals surface area (Å²) >= 11 is 0. The quantitative estimate of drug-likeness (QED) is 0.749. The fraction of sp³-hybridized carbons (Fsp3) is 0.769. The molecule has 0 unspecified atom stereocenters. The predicted molar refractivity (Wildman–Crippen MR) is 65.3 cm³/mol. The lowest BCUT2D eigenvalue weighted by atomic mass is 9.93. The summed E-state index contributed by atoms with van der Waals surface area (Å²) in [5.74, 6) is -1.31. The highest BCUT2D eigenvalue weighted by Crippen LogP contribution is 2.80. The van der Waals surface area contributed by atoms with Crippen LogP contribution in [0.4, 0.5) is 0 Å². The predicted octanol–water partition coefficient (Wildman–Crippen LogP) is 0.752. The Kier molecular flexibility index (Phi) is 2.14. The molecule has 0 aromatic rings. The first-order chi connectivity index (χ1) is 8.92. The minimum absolute atomic E-state index is 0.119. The molecule has 2 aliphatic heterocycles. The molecule has 3 rings (SSSR count). The van der Waals surface area contributed by atoms with Gasteiger partial charge in [0.05, 0.1) is 24.8 Å². The van der Waals surface area contributed by atoms with Crippen LogP contribution in [0.2, 0.25) is 0 Å². The van der Waals surface area contributed by atoms with Crippen LogP contribution in [0.15, 0.2) is 4.99 Å². The number of rotatable bonds is 1. The van der Waals surface area contributed by atoms with Crippen molar-refractivity contribution < 1.29 is 9.47 Å². The second-order valence-electron chi connectivity index (χ2n) is 5.88. The SMILES string of the molecule is CC(C)[C@H]1[C@@]2(C#N)[C@@]3(N=C(N)[C@@]12C#N)OC[C@@H](C)O3. The highest BCUT2D eigenvalue weighted by Gasteiger charge is 2.94. The molecule has 6 nitrogen and oxygen atoms in total. The molecule has 0 amide bonds. The molecule has 5 atom stereocenters. The molecule has 3 aliphatic rings. The number of aliphatic imine (C=N–C) groups is 1.